The molecule has 0 N–H and O–H groups in total. The zero-order chi connectivity index (χ0) is 39.5. The highest BCUT2D eigenvalue weighted by Crippen LogP contribution is 2.40. The summed E-state index contributed by atoms with van der Waals surface area (Å²) < 4.78 is 20.3. The molecule has 284 valence electrons. The van der Waals surface area contributed by atoms with Crippen molar-refractivity contribution in [2.75, 3.05) is 0 Å². The summed E-state index contributed by atoms with van der Waals surface area (Å²) in [7, 11) is 0. The van der Waals surface area contributed by atoms with E-state index in [1.807, 2.05) is 18.2 Å². The van der Waals surface area contributed by atoms with E-state index in [0.717, 1.165) is 123 Å². The van der Waals surface area contributed by atoms with Crippen LogP contribution in [0.4, 0.5) is 0 Å². The summed E-state index contributed by atoms with van der Waals surface area (Å²) in [6, 6.07) is 61.6. The lowest BCUT2D eigenvalue weighted by molar-refractivity contribution is 0.668. The van der Waals surface area contributed by atoms with Crippen LogP contribution in [0.5, 0.6) is 0 Å². The second-order valence-electron chi connectivity index (χ2n) is 15.8. The van der Waals surface area contributed by atoms with Gasteiger partial charge in [-0.15, -0.1) is 0 Å². The van der Waals surface area contributed by atoms with Gasteiger partial charge in [0.05, 0.1) is 88.6 Å². The second-order valence-corrected chi connectivity index (χ2v) is 15.8. The SMILES string of the molecule is c1ccc2c(c1)nc1n(-c3ccc4c(c3)n3c5ccccc5nc3n4-c3ccc4oc5cccc(-n6c7ccccc7n7c8ccccc8nc67)c5c4c3)c3ccccc3n21. The molecule has 0 saturated heterocycles. The average molecular weight is 784 g/mol. The van der Waals surface area contributed by atoms with Gasteiger partial charge < -0.3 is 4.42 Å². The number of rotatable bonds is 3. The standard InChI is InChI=1S/C51H29N9O/c1-4-15-36-33(12-1)52-49-56(39-18-7-8-19-40(39)57(36)49)31-24-26-43-45(29-31)59-38-17-6-3-14-35(38)53-50(59)55(43)30-25-27-46-32(28-30)48-44(22-11-23-47(48)61-46)60-42-21-10-9-20-41(42)58-37-16-5-2-13-34(37)54-51(58)60/h1-29H. The van der Waals surface area contributed by atoms with Crippen molar-refractivity contribution in [1.29, 1.82) is 0 Å². The van der Waals surface area contributed by atoms with Gasteiger partial charge >= 0.3 is 0 Å². The average Bonchev–Trinajstić information content (AvgIpc) is 4.16. The van der Waals surface area contributed by atoms with Crippen molar-refractivity contribution in [3.8, 4) is 17.1 Å². The van der Waals surface area contributed by atoms with E-state index in [1.165, 1.54) is 0 Å². The van der Waals surface area contributed by atoms with Crippen molar-refractivity contribution in [2.24, 2.45) is 0 Å². The summed E-state index contributed by atoms with van der Waals surface area (Å²) in [5.74, 6) is 2.56. The molecule has 0 atom stereocenters. The van der Waals surface area contributed by atoms with Gasteiger partial charge in [-0.2, -0.15) is 0 Å². The number of fused-ring (bicyclic) bond motifs is 18. The summed E-state index contributed by atoms with van der Waals surface area (Å²) in [6.07, 6.45) is 0. The van der Waals surface area contributed by atoms with Crippen molar-refractivity contribution in [2.45, 2.75) is 0 Å². The lowest BCUT2D eigenvalue weighted by atomic mass is 10.1. The number of hydrogen-bond acceptors (Lipinski definition) is 4. The number of furan rings is 1. The summed E-state index contributed by atoms with van der Waals surface area (Å²) in [5.41, 5.74) is 17.1. The van der Waals surface area contributed by atoms with E-state index in [2.05, 4.69) is 185 Å². The molecule has 15 aromatic rings. The van der Waals surface area contributed by atoms with Crippen LogP contribution in [-0.2, 0) is 0 Å². The zero-order valence-corrected chi connectivity index (χ0v) is 32.2. The Morgan fingerprint density at radius 1 is 0.328 bits per heavy atom. The lowest BCUT2D eigenvalue weighted by Crippen LogP contribution is -1.97. The highest BCUT2D eigenvalue weighted by molar-refractivity contribution is 6.11. The molecule has 0 bridgehead atoms. The first kappa shape index (κ1) is 31.4. The van der Waals surface area contributed by atoms with Crippen LogP contribution in [0, 0.1) is 0 Å². The van der Waals surface area contributed by atoms with Crippen LogP contribution >= 0.6 is 0 Å². The quantitative estimate of drug-likeness (QED) is 0.179. The molecular formula is C51H29N9O. The van der Waals surface area contributed by atoms with Gasteiger partial charge in [0.2, 0.25) is 17.3 Å². The third kappa shape index (κ3) is 3.94. The van der Waals surface area contributed by atoms with Crippen molar-refractivity contribution < 1.29 is 4.42 Å². The highest BCUT2D eigenvalue weighted by Gasteiger charge is 2.24. The molecule has 0 spiro atoms. The van der Waals surface area contributed by atoms with Gasteiger partial charge in [-0.05, 0) is 109 Å². The minimum atomic E-state index is 0.811. The molecule has 0 aliphatic heterocycles. The number of nitrogens with zero attached hydrogens (tertiary/aromatic N) is 9. The maximum absolute atomic E-state index is 6.64. The maximum Gasteiger partial charge on any atom is 0.220 e. The lowest BCUT2D eigenvalue weighted by Gasteiger charge is -2.09. The van der Waals surface area contributed by atoms with E-state index >= 15 is 0 Å². The number of hydrogen-bond donors (Lipinski definition) is 0. The Balaban J connectivity index is 1.00. The second kappa shape index (κ2) is 11.1. The molecule has 0 saturated carbocycles. The largest absolute Gasteiger partial charge is 0.456 e. The molecule has 0 amide bonds. The molecule has 15 rings (SSSR count). The van der Waals surface area contributed by atoms with Crippen LogP contribution in [0.2, 0.25) is 0 Å². The number of aromatic nitrogens is 9. The van der Waals surface area contributed by atoms with Gasteiger partial charge in [0.15, 0.2) is 0 Å². The number of benzene rings is 8. The van der Waals surface area contributed by atoms with Crippen molar-refractivity contribution in [3.05, 3.63) is 176 Å². The molecule has 0 unspecified atom stereocenters. The number of imidazole rings is 6. The Bertz CT molecular complexity index is 4370. The molecule has 7 heterocycles. The van der Waals surface area contributed by atoms with E-state index < -0.39 is 0 Å². The Morgan fingerprint density at radius 3 is 1.39 bits per heavy atom. The Labute approximate surface area is 343 Å². The summed E-state index contributed by atoms with van der Waals surface area (Å²) in [5, 5.41) is 2.03. The van der Waals surface area contributed by atoms with Gasteiger partial charge in [-0.25, -0.2) is 15.0 Å². The fourth-order valence-corrected chi connectivity index (χ4v) is 10.1. The predicted molar refractivity (Wildman–Crippen MR) is 243 cm³/mol. The minimum Gasteiger partial charge on any atom is -0.456 e. The third-order valence-corrected chi connectivity index (χ3v) is 12.6. The number of para-hydroxylation sites is 10. The van der Waals surface area contributed by atoms with Crippen molar-refractivity contribution >= 4 is 105 Å². The first-order valence-corrected chi connectivity index (χ1v) is 20.4. The maximum atomic E-state index is 6.64. The summed E-state index contributed by atoms with van der Waals surface area (Å²) >= 11 is 0. The van der Waals surface area contributed by atoms with Gasteiger partial charge in [-0.1, -0.05) is 66.7 Å². The van der Waals surface area contributed by atoms with Crippen LogP contribution in [0.25, 0.3) is 123 Å². The molecule has 0 radical (unpaired) electrons. The molecule has 61 heavy (non-hydrogen) atoms. The first-order valence-electron chi connectivity index (χ1n) is 20.4. The molecule has 8 aromatic carbocycles. The van der Waals surface area contributed by atoms with Crippen molar-refractivity contribution in [1.82, 2.24) is 41.9 Å². The molecule has 10 nitrogen and oxygen atoms in total. The summed E-state index contributed by atoms with van der Waals surface area (Å²) in [6.45, 7) is 0. The predicted octanol–water partition coefficient (Wildman–Crippen LogP) is 11.8. The molecule has 7 aromatic heterocycles. The third-order valence-electron chi connectivity index (χ3n) is 12.6. The topological polar surface area (TPSA) is 79.8 Å². The van der Waals surface area contributed by atoms with Crippen LogP contribution < -0.4 is 0 Å². The zero-order valence-electron chi connectivity index (χ0n) is 32.2. The van der Waals surface area contributed by atoms with Crippen LogP contribution in [0.1, 0.15) is 0 Å². The van der Waals surface area contributed by atoms with Gasteiger partial charge in [0, 0.05) is 5.39 Å². The molecule has 0 aliphatic rings. The van der Waals surface area contributed by atoms with Gasteiger partial charge in [0.25, 0.3) is 0 Å². The molecule has 0 aliphatic carbocycles. The van der Waals surface area contributed by atoms with Crippen molar-refractivity contribution in [3.63, 3.8) is 0 Å². The fourth-order valence-electron chi connectivity index (χ4n) is 10.1. The van der Waals surface area contributed by atoms with Crippen LogP contribution in [0.15, 0.2) is 180 Å². The van der Waals surface area contributed by atoms with E-state index in [1.54, 1.807) is 0 Å². The normalized spacial score (nSPS) is 12.6. The Kier molecular flexibility index (Phi) is 5.71. The van der Waals surface area contributed by atoms with Crippen LogP contribution in [0.3, 0.4) is 0 Å². The van der Waals surface area contributed by atoms with E-state index in [-0.39, 0.29) is 0 Å². The highest BCUT2D eigenvalue weighted by atomic mass is 16.3. The first-order chi connectivity index (χ1) is 30.3. The smallest absolute Gasteiger partial charge is 0.220 e. The van der Waals surface area contributed by atoms with E-state index in [9.17, 15) is 0 Å². The van der Waals surface area contributed by atoms with E-state index in [4.69, 9.17) is 19.4 Å². The fraction of sp³-hybridized carbons (Fsp3) is 0. The molecule has 10 heteroatoms. The minimum absolute atomic E-state index is 0.811. The summed E-state index contributed by atoms with van der Waals surface area (Å²) in [4.78, 5) is 15.6. The molecular weight excluding hydrogens is 755 g/mol. The van der Waals surface area contributed by atoms with Gasteiger partial charge in [-0.3, -0.25) is 26.9 Å². The van der Waals surface area contributed by atoms with E-state index in [0.29, 0.717) is 0 Å². The van der Waals surface area contributed by atoms with Crippen LogP contribution in [-0.4, -0.2) is 41.9 Å². The monoisotopic (exact) mass is 783 g/mol. The Morgan fingerprint density at radius 2 is 0.787 bits per heavy atom. The molecule has 0 fully saturated rings. The Hall–Kier alpha value is -8.63. The van der Waals surface area contributed by atoms with Gasteiger partial charge in [0.1, 0.15) is 11.2 Å².